The van der Waals surface area contributed by atoms with E-state index in [0.717, 1.165) is 0 Å². The maximum atomic E-state index is 2.39. The summed E-state index contributed by atoms with van der Waals surface area (Å²) in [6.07, 6.45) is 0. The molecule has 38 heavy (non-hydrogen) atoms. The van der Waals surface area contributed by atoms with Gasteiger partial charge in [0, 0.05) is 0 Å². The van der Waals surface area contributed by atoms with Crippen LogP contribution in [0.15, 0.2) is 152 Å². The van der Waals surface area contributed by atoms with Gasteiger partial charge in [0.15, 0.2) is 0 Å². The molecule has 0 heterocycles. The van der Waals surface area contributed by atoms with Crippen molar-refractivity contribution in [2.24, 2.45) is 0 Å². The third-order valence-corrected chi connectivity index (χ3v) is 8.03. The number of fused-ring (bicyclic) bond motifs is 3. The van der Waals surface area contributed by atoms with Crippen molar-refractivity contribution in [1.29, 1.82) is 0 Å². The summed E-state index contributed by atoms with van der Waals surface area (Å²) in [5.41, 5.74) is 13.8. The van der Waals surface area contributed by atoms with Crippen LogP contribution in [-0.2, 0) is 5.41 Å². The summed E-state index contributed by atoms with van der Waals surface area (Å²) in [5, 5.41) is 0. The standard InChI is InChI=1S/C38H28/c1-27-11-10-12-30(25-27)28-19-21-29(22-20-28)31-23-24-37-35(26-31)34-17-8-9-18-36(34)38(37,32-13-4-2-5-14-32)33-15-6-3-7-16-33/h2-26H,1H3. The third kappa shape index (κ3) is 3.45. The Kier molecular flexibility index (Phi) is 5.34. The Hall–Kier alpha value is -4.68. The SMILES string of the molecule is Cc1cccc(-c2ccc(-c3ccc4c(c3)-c3ccccc3C4(c3ccccc3)c3ccccc3)cc2)c1. The van der Waals surface area contributed by atoms with Gasteiger partial charge in [-0.15, -0.1) is 0 Å². The van der Waals surface area contributed by atoms with E-state index in [1.54, 1.807) is 0 Å². The molecule has 7 rings (SSSR count). The molecule has 1 aliphatic carbocycles. The predicted octanol–water partition coefficient (Wildman–Crippen LogP) is 9.69. The molecule has 0 nitrogen and oxygen atoms in total. The highest BCUT2D eigenvalue weighted by Crippen LogP contribution is 2.56. The van der Waals surface area contributed by atoms with E-state index in [1.807, 2.05) is 0 Å². The van der Waals surface area contributed by atoms with Gasteiger partial charge in [0.05, 0.1) is 5.41 Å². The molecule has 0 saturated carbocycles. The van der Waals surface area contributed by atoms with Gasteiger partial charge in [-0.05, 0) is 68.6 Å². The molecule has 0 spiro atoms. The van der Waals surface area contributed by atoms with Crippen molar-refractivity contribution < 1.29 is 0 Å². The monoisotopic (exact) mass is 484 g/mol. The molecule has 0 atom stereocenters. The van der Waals surface area contributed by atoms with Gasteiger partial charge in [0.25, 0.3) is 0 Å². The van der Waals surface area contributed by atoms with Gasteiger partial charge in [-0.25, -0.2) is 0 Å². The summed E-state index contributed by atoms with van der Waals surface area (Å²) in [6.45, 7) is 2.14. The summed E-state index contributed by atoms with van der Waals surface area (Å²) in [4.78, 5) is 0. The average Bonchev–Trinajstić information content (AvgIpc) is 3.29. The maximum Gasteiger partial charge on any atom is 0.0713 e. The zero-order valence-electron chi connectivity index (χ0n) is 21.4. The minimum Gasteiger partial charge on any atom is -0.0622 e. The lowest BCUT2D eigenvalue weighted by Gasteiger charge is -2.33. The Morgan fingerprint density at radius 2 is 0.895 bits per heavy atom. The fourth-order valence-electron chi connectivity index (χ4n) is 6.31. The van der Waals surface area contributed by atoms with Crippen molar-refractivity contribution in [3.8, 4) is 33.4 Å². The number of rotatable bonds is 4. The Morgan fingerprint density at radius 1 is 0.368 bits per heavy atom. The molecule has 0 heteroatoms. The van der Waals surface area contributed by atoms with E-state index in [4.69, 9.17) is 0 Å². The van der Waals surface area contributed by atoms with Crippen molar-refractivity contribution in [3.63, 3.8) is 0 Å². The van der Waals surface area contributed by atoms with Crippen molar-refractivity contribution in [2.45, 2.75) is 12.3 Å². The van der Waals surface area contributed by atoms with Crippen LogP contribution in [0.3, 0.4) is 0 Å². The lowest BCUT2D eigenvalue weighted by molar-refractivity contribution is 0.768. The van der Waals surface area contributed by atoms with Crippen LogP contribution in [-0.4, -0.2) is 0 Å². The molecule has 1 aliphatic rings. The number of hydrogen-bond donors (Lipinski definition) is 0. The smallest absolute Gasteiger partial charge is 0.0622 e. The predicted molar refractivity (Wildman–Crippen MR) is 159 cm³/mol. The molecule has 0 unspecified atom stereocenters. The van der Waals surface area contributed by atoms with Crippen LogP contribution in [0.5, 0.6) is 0 Å². The Morgan fingerprint density at radius 3 is 1.53 bits per heavy atom. The number of hydrogen-bond acceptors (Lipinski definition) is 0. The normalized spacial score (nSPS) is 13.1. The summed E-state index contributed by atoms with van der Waals surface area (Å²) < 4.78 is 0. The third-order valence-electron chi connectivity index (χ3n) is 8.03. The van der Waals surface area contributed by atoms with Crippen LogP contribution in [0, 0.1) is 6.92 Å². The lowest BCUT2D eigenvalue weighted by Crippen LogP contribution is -2.28. The molecule has 6 aromatic rings. The molecular formula is C38H28. The Bertz CT molecular complexity index is 1700. The van der Waals surface area contributed by atoms with Gasteiger partial charge in [0.1, 0.15) is 0 Å². The fourth-order valence-corrected chi connectivity index (χ4v) is 6.31. The van der Waals surface area contributed by atoms with Gasteiger partial charge < -0.3 is 0 Å². The van der Waals surface area contributed by atoms with Crippen molar-refractivity contribution in [1.82, 2.24) is 0 Å². The zero-order valence-corrected chi connectivity index (χ0v) is 21.4. The van der Waals surface area contributed by atoms with Gasteiger partial charge in [-0.1, -0.05) is 151 Å². The maximum absolute atomic E-state index is 2.39. The molecule has 0 aliphatic heterocycles. The Labute approximate surface area is 224 Å². The summed E-state index contributed by atoms with van der Waals surface area (Å²) in [6, 6.07) is 55.6. The summed E-state index contributed by atoms with van der Waals surface area (Å²) in [7, 11) is 0. The molecule has 0 fully saturated rings. The molecule has 0 bridgehead atoms. The van der Waals surface area contributed by atoms with Crippen molar-refractivity contribution in [3.05, 3.63) is 179 Å². The van der Waals surface area contributed by atoms with Crippen LogP contribution in [0.1, 0.15) is 27.8 Å². The highest BCUT2D eigenvalue weighted by atomic mass is 14.5. The van der Waals surface area contributed by atoms with Crippen LogP contribution < -0.4 is 0 Å². The quantitative estimate of drug-likeness (QED) is 0.233. The van der Waals surface area contributed by atoms with E-state index in [0.29, 0.717) is 0 Å². The minimum atomic E-state index is -0.345. The second-order valence-electron chi connectivity index (χ2n) is 10.2. The van der Waals surface area contributed by atoms with Gasteiger partial charge in [-0.2, -0.15) is 0 Å². The van der Waals surface area contributed by atoms with Crippen molar-refractivity contribution >= 4 is 0 Å². The van der Waals surface area contributed by atoms with E-state index < -0.39 is 0 Å². The molecule has 0 amide bonds. The van der Waals surface area contributed by atoms with E-state index >= 15 is 0 Å². The number of aryl methyl sites for hydroxylation is 1. The van der Waals surface area contributed by atoms with Crippen LogP contribution >= 0.6 is 0 Å². The lowest BCUT2D eigenvalue weighted by atomic mass is 9.67. The highest BCUT2D eigenvalue weighted by molar-refractivity contribution is 5.89. The van der Waals surface area contributed by atoms with Crippen LogP contribution in [0.2, 0.25) is 0 Å². The molecule has 0 N–H and O–H groups in total. The number of benzene rings is 6. The molecule has 0 aromatic heterocycles. The van der Waals surface area contributed by atoms with E-state index in [1.165, 1.54) is 61.2 Å². The first kappa shape index (κ1) is 22.5. The first-order chi connectivity index (χ1) is 18.7. The van der Waals surface area contributed by atoms with Crippen LogP contribution in [0.25, 0.3) is 33.4 Å². The second kappa shape index (κ2) is 9.01. The van der Waals surface area contributed by atoms with E-state index in [9.17, 15) is 0 Å². The first-order valence-corrected chi connectivity index (χ1v) is 13.3. The van der Waals surface area contributed by atoms with E-state index in [2.05, 4.69) is 159 Å². The zero-order chi connectivity index (χ0) is 25.5. The topological polar surface area (TPSA) is 0 Å². The molecule has 0 radical (unpaired) electrons. The minimum absolute atomic E-state index is 0.345. The molecule has 0 saturated heterocycles. The Balaban J connectivity index is 1.41. The van der Waals surface area contributed by atoms with Gasteiger partial charge in [0.2, 0.25) is 0 Å². The molecule has 6 aromatic carbocycles. The average molecular weight is 485 g/mol. The highest BCUT2D eigenvalue weighted by Gasteiger charge is 2.45. The fraction of sp³-hybridized carbons (Fsp3) is 0.0526. The van der Waals surface area contributed by atoms with E-state index in [-0.39, 0.29) is 5.41 Å². The van der Waals surface area contributed by atoms with Gasteiger partial charge >= 0.3 is 0 Å². The summed E-state index contributed by atoms with van der Waals surface area (Å²) in [5.74, 6) is 0. The first-order valence-electron chi connectivity index (χ1n) is 13.3. The van der Waals surface area contributed by atoms with Crippen LogP contribution in [0.4, 0.5) is 0 Å². The second-order valence-corrected chi connectivity index (χ2v) is 10.2. The summed E-state index contributed by atoms with van der Waals surface area (Å²) >= 11 is 0. The van der Waals surface area contributed by atoms with Crippen molar-refractivity contribution in [2.75, 3.05) is 0 Å². The largest absolute Gasteiger partial charge is 0.0713 e. The molecule has 180 valence electrons. The van der Waals surface area contributed by atoms with Gasteiger partial charge in [-0.3, -0.25) is 0 Å². The molecular weight excluding hydrogens is 456 g/mol.